The Morgan fingerprint density at radius 2 is 0.732 bits per heavy atom. The van der Waals surface area contributed by atoms with Gasteiger partial charge in [0.15, 0.2) is 18.9 Å². The van der Waals surface area contributed by atoms with Crippen LogP contribution in [0.2, 0.25) is 0 Å². The first-order valence-electron chi connectivity index (χ1n) is 32.0. The number of aliphatic hydroxyl groups excluding tert-OH is 9. The van der Waals surface area contributed by atoms with Gasteiger partial charge in [-0.3, -0.25) is 38.6 Å². The van der Waals surface area contributed by atoms with E-state index in [9.17, 15) is 79.6 Å². The molecule has 16 atom stereocenters. The quantitative estimate of drug-likeness (QED) is 0.0199. The van der Waals surface area contributed by atoms with Crippen molar-refractivity contribution in [2.24, 2.45) is 0 Å². The summed E-state index contributed by atoms with van der Waals surface area (Å²) in [6.45, 7) is 3.93. The first-order chi connectivity index (χ1) is 46.1. The fourth-order valence-corrected chi connectivity index (χ4v) is 11.6. The van der Waals surface area contributed by atoms with Gasteiger partial charge >= 0.3 is 0 Å². The number of hydrogen-bond donors (Lipinski definition) is 15. The number of amides is 6. The van der Waals surface area contributed by atoms with Gasteiger partial charge in [0, 0.05) is 53.5 Å². The van der Waals surface area contributed by atoms with Gasteiger partial charge in [0.05, 0.1) is 151 Å². The van der Waals surface area contributed by atoms with E-state index in [1.54, 1.807) is 30.6 Å². The molecular weight excluding hydrogens is 1340 g/mol. The number of carbonyl (C=O) groups excluding carboxylic acids is 6. The molecule has 0 aromatic carbocycles. The summed E-state index contributed by atoms with van der Waals surface area (Å²) < 4.78 is 77.8. The zero-order chi connectivity index (χ0) is 71.9. The predicted molar refractivity (Wildman–Crippen MR) is 336 cm³/mol. The van der Waals surface area contributed by atoms with Crippen molar-refractivity contribution < 1.29 is 146 Å². The average molecular weight is 1450 g/mol. The monoisotopic (exact) mass is 1450 g/mol. The standard InChI is InChI=1S/C57H107N8O30PS/c1-36(69)61-45-51(78)48(75)39(33-66)92-54(45)88-27-24-85-21-18-82-14-8-58-42(72)30-64(13-17-91-96(81,97)95-57(4,5)6)11-7-12-65(31-43(73)59-9-15-83-19-22-86-25-28-89-55-46(62-37(2)70)52(79)49(76)40(34-67)93-55)32-44(74)60-10-16-84-20-23-87-26-29-90-56-47(63-38(3)71)53(80)50(77)41(35-68)94-56/h39-41,45-56,66-68,75-80H,7-35H2,1-6H3,(H,58,72)(H,59,73)(H,60,74)(H,61,69)(H,62,70)(H,63,71)(H,81,97)/p-1. The van der Waals surface area contributed by atoms with Crippen LogP contribution in [0.3, 0.4) is 0 Å². The summed E-state index contributed by atoms with van der Waals surface area (Å²) in [5.74, 6) is -2.78. The van der Waals surface area contributed by atoms with Crippen LogP contribution in [0.5, 0.6) is 0 Å². The zero-order valence-corrected chi connectivity index (χ0v) is 57.7. The lowest BCUT2D eigenvalue weighted by atomic mass is 9.97. The van der Waals surface area contributed by atoms with Gasteiger partial charge in [-0.05, 0) is 33.7 Å². The van der Waals surface area contributed by atoms with E-state index in [0.717, 1.165) is 0 Å². The number of aliphatic hydroxyl groups is 9. The molecule has 3 aliphatic heterocycles. The third-order valence-electron chi connectivity index (χ3n) is 14.2. The van der Waals surface area contributed by atoms with E-state index < -0.39 is 160 Å². The average Bonchev–Trinajstić information content (AvgIpc) is 0.825. The summed E-state index contributed by atoms with van der Waals surface area (Å²) in [5.41, 5.74) is -0.879. The van der Waals surface area contributed by atoms with Crippen molar-refractivity contribution in [3.8, 4) is 0 Å². The first-order valence-corrected chi connectivity index (χ1v) is 34.6. The second kappa shape index (κ2) is 48.3. The van der Waals surface area contributed by atoms with Gasteiger partial charge in [0.25, 0.3) is 0 Å². The number of rotatable bonds is 51. The normalized spacial score (nSPS) is 26.7. The third kappa shape index (κ3) is 36.2. The molecule has 3 aliphatic rings. The maximum atomic E-state index is 13.3. The molecule has 3 heterocycles. The van der Waals surface area contributed by atoms with Crippen molar-refractivity contribution in [1.29, 1.82) is 0 Å². The number of nitrogens with one attached hydrogen (secondary N) is 6. The molecule has 0 aromatic rings. The molecule has 3 saturated heterocycles. The van der Waals surface area contributed by atoms with E-state index in [4.69, 9.17) is 77.7 Å². The maximum Gasteiger partial charge on any atom is 0.234 e. The molecule has 3 fully saturated rings. The van der Waals surface area contributed by atoms with Crippen LogP contribution in [0.4, 0.5) is 0 Å². The number of carbonyl (C=O) groups is 6. The number of hydrogen-bond acceptors (Lipinski definition) is 33. The van der Waals surface area contributed by atoms with Gasteiger partial charge < -0.3 is 149 Å². The second-order valence-electron chi connectivity index (χ2n) is 23.5. The summed E-state index contributed by atoms with van der Waals surface area (Å²) in [7, 11) is 0. The Kier molecular flexibility index (Phi) is 43.7. The Hall–Kier alpha value is -3.57. The van der Waals surface area contributed by atoms with E-state index in [0.29, 0.717) is 6.42 Å². The van der Waals surface area contributed by atoms with Crippen LogP contribution in [0.15, 0.2) is 0 Å². The highest BCUT2D eigenvalue weighted by atomic mass is 32.5. The van der Waals surface area contributed by atoms with E-state index in [2.05, 4.69) is 31.9 Å². The smallest absolute Gasteiger partial charge is 0.234 e. The van der Waals surface area contributed by atoms with Gasteiger partial charge in [-0.1, -0.05) is 11.8 Å². The Morgan fingerprint density at radius 1 is 0.443 bits per heavy atom. The third-order valence-corrected chi connectivity index (χ3v) is 16.0. The van der Waals surface area contributed by atoms with Crippen molar-refractivity contribution >= 4 is 54.0 Å². The molecule has 3 rings (SSSR count). The highest BCUT2D eigenvalue weighted by Gasteiger charge is 2.48. The van der Waals surface area contributed by atoms with Crippen LogP contribution in [-0.2, 0) is 106 Å². The van der Waals surface area contributed by atoms with E-state index >= 15 is 0 Å². The molecule has 16 unspecified atom stereocenters. The first kappa shape index (κ1) is 87.6. The zero-order valence-electron chi connectivity index (χ0n) is 56.0. The highest BCUT2D eigenvalue weighted by Crippen LogP contribution is 2.43. The Labute approximate surface area is 569 Å². The summed E-state index contributed by atoms with van der Waals surface area (Å²) in [6, 6.07) is -3.32. The van der Waals surface area contributed by atoms with Gasteiger partial charge in [0.1, 0.15) is 79.8 Å². The maximum absolute atomic E-state index is 13.3. The largest absolute Gasteiger partial charge is 0.780 e. The van der Waals surface area contributed by atoms with E-state index in [1.807, 2.05) is 0 Å². The molecule has 0 aromatic heterocycles. The Morgan fingerprint density at radius 3 is 1.03 bits per heavy atom. The molecule has 15 N–H and O–H groups in total. The molecule has 0 radical (unpaired) electrons. The van der Waals surface area contributed by atoms with Gasteiger partial charge in [-0.25, -0.2) is 0 Å². The highest BCUT2D eigenvalue weighted by molar-refractivity contribution is 8.06. The summed E-state index contributed by atoms with van der Waals surface area (Å²) in [5, 5.41) is 106. The van der Waals surface area contributed by atoms with Crippen molar-refractivity contribution in [3.05, 3.63) is 0 Å². The molecule has 38 nitrogen and oxygen atoms in total. The van der Waals surface area contributed by atoms with Crippen LogP contribution < -0.4 is 36.8 Å². The van der Waals surface area contributed by atoms with Crippen LogP contribution in [0.25, 0.3) is 0 Å². The van der Waals surface area contributed by atoms with Crippen molar-refractivity contribution in [2.75, 3.05) is 184 Å². The molecule has 0 bridgehead atoms. The van der Waals surface area contributed by atoms with Gasteiger partial charge in [-0.15, -0.1) is 0 Å². The number of nitrogens with zero attached hydrogens (tertiary/aromatic N) is 2. The molecule has 566 valence electrons. The lowest BCUT2D eigenvalue weighted by molar-refractivity contribution is -0.272. The molecule has 0 spiro atoms. The Balaban J connectivity index is 1.51. The number of ether oxygens (including phenoxy) is 12. The minimum absolute atomic E-state index is 0.0377. The molecule has 40 heteroatoms. The molecule has 0 saturated carbocycles. The molecule has 97 heavy (non-hydrogen) atoms. The Bertz CT molecular complexity index is 2220. The lowest BCUT2D eigenvalue weighted by Gasteiger charge is -2.42. The van der Waals surface area contributed by atoms with Crippen molar-refractivity contribution in [3.63, 3.8) is 0 Å². The fourth-order valence-electron chi connectivity index (χ4n) is 9.68. The topological polar surface area (TPSA) is 515 Å². The predicted octanol–water partition coefficient (Wildman–Crippen LogP) is -9.27. The summed E-state index contributed by atoms with van der Waals surface area (Å²) in [4.78, 5) is 91.4. The second-order valence-corrected chi connectivity index (χ2v) is 26.1. The molecular formula is C57H106N8O30PS-. The fraction of sp³-hybridized carbons (Fsp3) is 0.895. The minimum Gasteiger partial charge on any atom is -0.780 e. The van der Waals surface area contributed by atoms with Gasteiger partial charge in [-0.2, -0.15) is 0 Å². The summed E-state index contributed by atoms with van der Waals surface area (Å²) >= 11 is 5.11. The van der Waals surface area contributed by atoms with E-state index in [1.165, 1.54) is 20.8 Å². The van der Waals surface area contributed by atoms with Crippen LogP contribution in [0, 0.1) is 0 Å². The van der Waals surface area contributed by atoms with Crippen LogP contribution in [0.1, 0.15) is 48.0 Å². The molecule has 6 amide bonds. The van der Waals surface area contributed by atoms with Gasteiger partial charge in [0.2, 0.25) is 35.4 Å². The molecule has 0 aliphatic carbocycles. The van der Waals surface area contributed by atoms with E-state index in [-0.39, 0.29) is 165 Å². The minimum atomic E-state index is -3.94. The summed E-state index contributed by atoms with van der Waals surface area (Å²) in [6.07, 6.45) is -15.5. The SMILES string of the molecule is CC(=O)NC1C(OCCOCCOCCNC(=O)CN(CCCN(CC(=O)NCCOCCOCCOC2OC(CO)C(O)C(O)C2NC(C)=O)CC(=O)NCCOCCOCCOC2OC(CO)C(O)C(O)C2NC(C)=O)CCOP([O-])(=S)OC(C)(C)C)OC(CO)C(O)C1O. The van der Waals surface area contributed by atoms with Crippen LogP contribution in [-0.4, -0.2) is 373 Å². The van der Waals surface area contributed by atoms with Crippen molar-refractivity contribution in [1.82, 2.24) is 41.7 Å². The lowest BCUT2D eigenvalue weighted by Crippen LogP contribution is -2.64. The van der Waals surface area contributed by atoms with Crippen LogP contribution >= 0.6 is 6.72 Å². The van der Waals surface area contributed by atoms with Crippen molar-refractivity contribution in [2.45, 2.75) is 145 Å².